The minimum atomic E-state index is -0.618. The van der Waals surface area contributed by atoms with Crippen molar-refractivity contribution in [2.45, 2.75) is 51.6 Å². The van der Waals surface area contributed by atoms with Crippen LogP contribution in [0.25, 0.3) is 0 Å². The lowest BCUT2D eigenvalue weighted by molar-refractivity contribution is -0.143. The normalized spacial score (nSPS) is 26.9. The van der Waals surface area contributed by atoms with E-state index >= 15 is 0 Å². The average molecular weight is 214 g/mol. The lowest BCUT2D eigenvalue weighted by Crippen LogP contribution is -2.25. The van der Waals surface area contributed by atoms with Crippen LogP contribution in [0.3, 0.4) is 0 Å². The van der Waals surface area contributed by atoms with Gasteiger partial charge in [-0.1, -0.05) is 6.42 Å². The summed E-state index contributed by atoms with van der Waals surface area (Å²) < 4.78 is 5.35. The first-order valence-corrected chi connectivity index (χ1v) is 5.74. The van der Waals surface area contributed by atoms with E-state index in [9.17, 15) is 4.79 Å². The number of hydrogen-bond donors (Lipinski definition) is 1. The van der Waals surface area contributed by atoms with Gasteiger partial charge in [-0.15, -0.1) is 0 Å². The molecule has 0 saturated heterocycles. The molecule has 2 unspecified atom stereocenters. The minimum absolute atomic E-state index is 0.113. The summed E-state index contributed by atoms with van der Waals surface area (Å²) in [6.07, 6.45) is 4.90. The molecule has 0 spiro atoms. The molecule has 1 aliphatic carbocycles. The first kappa shape index (κ1) is 12.5. The SMILES string of the molecule is COC(C)(C)CCC1CCCC1C(=O)O. The highest BCUT2D eigenvalue weighted by molar-refractivity contribution is 5.70. The van der Waals surface area contributed by atoms with Crippen LogP contribution in [0.15, 0.2) is 0 Å². The Bertz CT molecular complexity index is 223. The molecule has 0 aromatic rings. The van der Waals surface area contributed by atoms with Gasteiger partial charge in [-0.05, 0) is 45.4 Å². The maximum atomic E-state index is 11.0. The number of ether oxygens (including phenoxy) is 1. The first-order valence-electron chi connectivity index (χ1n) is 5.74. The predicted octanol–water partition coefficient (Wildman–Crippen LogP) is 2.69. The number of carboxylic acids is 1. The first-order chi connectivity index (χ1) is 6.96. The molecule has 0 aliphatic heterocycles. The van der Waals surface area contributed by atoms with E-state index in [1.807, 2.05) is 0 Å². The van der Waals surface area contributed by atoms with Crippen molar-refractivity contribution in [1.29, 1.82) is 0 Å². The van der Waals surface area contributed by atoms with Crippen molar-refractivity contribution in [2.24, 2.45) is 11.8 Å². The lowest BCUT2D eigenvalue weighted by atomic mass is 9.88. The molecule has 0 amide bonds. The summed E-state index contributed by atoms with van der Waals surface area (Å²) in [4.78, 5) is 11.0. The Kier molecular flexibility index (Phi) is 4.14. The monoisotopic (exact) mass is 214 g/mol. The molecule has 0 aromatic heterocycles. The van der Waals surface area contributed by atoms with Crippen molar-refractivity contribution in [3.05, 3.63) is 0 Å². The van der Waals surface area contributed by atoms with E-state index < -0.39 is 5.97 Å². The minimum Gasteiger partial charge on any atom is -0.481 e. The third-order valence-corrected chi connectivity index (χ3v) is 3.65. The molecule has 1 aliphatic rings. The van der Waals surface area contributed by atoms with Crippen molar-refractivity contribution in [3.63, 3.8) is 0 Å². The molecule has 0 bridgehead atoms. The Hall–Kier alpha value is -0.570. The van der Waals surface area contributed by atoms with Crippen LogP contribution in [-0.2, 0) is 9.53 Å². The van der Waals surface area contributed by atoms with Gasteiger partial charge < -0.3 is 9.84 Å². The molecule has 1 fully saturated rings. The molecular weight excluding hydrogens is 192 g/mol. The molecule has 15 heavy (non-hydrogen) atoms. The van der Waals surface area contributed by atoms with Crippen molar-refractivity contribution >= 4 is 5.97 Å². The van der Waals surface area contributed by atoms with E-state index in [1.54, 1.807) is 7.11 Å². The Morgan fingerprint density at radius 2 is 2.13 bits per heavy atom. The maximum Gasteiger partial charge on any atom is 0.306 e. The fourth-order valence-corrected chi connectivity index (χ4v) is 2.34. The third-order valence-electron chi connectivity index (χ3n) is 3.65. The summed E-state index contributed by atoms with van der Waals surface area (Å²) in [5.41, 5.74) is -0.119. The lowest BCUT2D eigenvalue weighted by Gasteiger charge is -2.25. The largest absolute Gasteiger partial charge is 0.481 e. The zero-order chi connectivity index (χ0) is 11.5. The molecule has 1 saturated carbocycles. The second kappa shape index (κ2) is 4.97. The zero-order valence-electron chi connectivity index (χ0n) is 9.95. The number of aliphatic carboxylic acids is 1. The summed E-state index contributed by atoms with van der Waals surface area (Å²) >= 11 is 0. The van der Waals surface area contributed by atoms with E-state index in [1.165, 1.54) is 0 Å². The van der Waals surface area contributed by atoms with Crippen molar-refractivity contribution < 1.29 is 14.6 Å². The van der Waals surface area contributed by atoms with Crippen LogP contribution in [-0.4, -0.2) is 23.8 Å². The Balaban J connectivity index is 2.41. The number of rotatable bonds is 5. The summed E-state index contributed by atoms with van der Waals surface area (Å²) in [7, 11) is 1.71. The van der Waals surface area contributed by atoms with Gasteiger partial charge >= 0.3 is 5.97 Å². The predicted molar refractivity (Wildman–Crippen MR) is 58.8 cm³/mol. The second-order valence-electron chi connectivity index (χ2n) is 5.14. The zero-order valence-corrected chi connectivity index (χ0v) is 9.95. The second-order valence-corrected chi connectivity index (χ2v) is 5.14. The smallest absolute Gasteiger partial charge is 0.306 e. The van der Waals surface area contributed by atoms with Gasteiger partial charge in [-0.3, -0.25) is 4.79 Å². The van der Waals surface area contributed by atoms with Crippen LogP contribution in [0.5, 0.6) is 0 Å². The highest BCUT2D eigenvalue weighted by Crippen LogP contribution is 2.36. The fraction of sp³-hybridized carbons (Fsp3) is 0.917. The van der Waals surface area contributed by atoms with Crippen molar-refractivity contribution in [2.75, 3.05) is 7.11 Å². The standard InChI is InChI=1S/C12H22O3/c1-12(2,15-3)8-7-9-5-4-6-10(9)11(13)14/h9-10H,4-8H2,1-3H3,(H,13,14). The van der Waals surface area contributed by atoms with Crippen LogP contribution >= 0.6 is 0 Å². The van der Waals surface area contributed by atoms with Crippen LogP contribution in [0.4, 0.5) is 0 Å². The fourth-order valence-electron chi connectivity index (χ4n) is 2.34. The number of carbonyl (C=O) groups is 1. The summed E-state index contributed by atoms with van der Waals surface area (Å²) in [6, 6.07) is 0. The van der Waals surface area contributed by atoms with Gasteiger partial charge in [0.25, 0.3) is 0 Å². The molecule has 88 valence electrons. The molecule has 0 aromatic carbocycles. The number of methoxy groups -OCH3 is 1. The number of carboxylic acid groups (broad SMARTS) is 1. The molecule has 2 atom stereocenters. The van der Waals surface area contributed by atoms with E-state index in [2.05, 4.69) is 13.8 Å². The van der Waals surface area contributed by atoms with Gasteiger partial charge in [-0.2, -0.15) is 0 Å². The summed E-state index contributed by atoms with van der Waals surface area (Å²) in [5.74, 6) is -0.373. The highest BCUT2D eigenvalue weighted by atomic mass is 16.5. The molecule has 3 nitrogen and oxygen atoms in total. The van der Waals surface area contributed by atoms with Crippen LogP contribution in [0.2, 0.25) is 0 Å². The average Bonchev–Trinajstić information content (AvgIpc) is 2.63. The molecule has 3 heteroatoms. The van der Waals surface area contributed by atoms with Crippen LogP contribution in [0, 0.1) is 11.8 Å². The van der Waals surface area contributed by atoms with Crippen LogP contribution < -0.4 is 0 Å². The molecule has 0 heterocycles. The molecular formula is C12H22O3. The van der Waals surface area contributed by atoms with Crippen molar-refractivity contribution in [1.82, 2.24) is 0 Å². The van der Waals surface area contributed by atoms with Gasteiger partial charge in [0.15, 0.2) is 0 Å². The van der Waals surface area contributed by atoms with Gasteiger partial charge in [0, 0.05) is 7.11 Å². The third kappa shape index (κ3) is 3.49. The Labute approximate surface area is 91.8 Å². The summed E-state index contributed by atoms with van der Waals surface area (Å²) in [6.45, 7) is 4.11. The van der Waals surface area contributed by atoms with Crippen LogP contribution in [0.1, 0.15) is 46.0 Å². The van der Waals surface area contributed by atoms with Gasteiger partial charge in [0.05, 0.1) is 11.5 Å². The topological polar surface area (TPSA) is 46.5 Å². The van der Waals surface area contributed by atoms with Gasteiger partial charge in [0.1, 0.15) is 0 Å². The molecule has 1 rings (SSSR count). The van der Waals surface area contributed by atoms with Gasteiger partial charge in [-0.25, -0.2) is 0 Å². The van der Waals surface area contributed by atoms with Gasteiger partial charge in [0.2, 0.25) is 0 Å². The number of hydrogen-bond acceptors (Lipinski definition) is 2. The molecule has 1 N–H and O–H groups in total. The summed E-state index contributed by atoms with van der Waals surface area (Å²) in [5, 5.41) is 9.04. The quantitative estimate of drug-likeness (QED) is 0.765. The molecule has 0 radical (unpaired) electrons. The van der Waals surface area contributed by atoms with E-state index in [0.717, 1.165) is 32.1 Å². The Morgan fingerprint density at radius 1 is 1.47 bits per heavy atom. The Morgan fingerprint density at radius 3 is 2.67 bits per heavy atom. The maximum absolute atomic E-state index is 11.0. The van der Waals surface area contributed by atoms with E-state index in [-0.39, 0.29) is 11.5 Å². The van der Waals surface area contributed by atoms with E-state index in [4.69, 9.17) is 9.84 Å². The van der Waals surface area contributed by atoms with E-state index in [0.29, 0.717) is 5.92 Å². The highest BCUT2D eigenvalue weighted by Gasteiger charge is 2.33. The van der Waals surface area contributed by atoms with Crippen molar-refractivity contribution in [3.8, 4) is 0 Å².